The number of rotatable bonds is 7. The molecule has 0 aliphatic carbocycles. The number of hydrogen-bond acceptors (Lipinski definition) is 3. The Balaban J connectivity index is 3.62. The molecular weight excluding hydrogens is 206 g/mol. The van der Waals surface area contributed by atoms with E-state index in [1.807, 2.05) is 13.8 Å². The Hall–Kier alpha value is -1.10. The highest BCUT2D eigenvalue weighted by Crippen LogP contribution is 1.91. The lowest BCUT2D eigenvalue weighted by atomic mass is 10.2. The van der Waals surface area contributed by atoms with Gasteiger partial charge in [0.25, 0.3) is 0 Å². The van der Waals surface area contributed by atoms with Crippen LogP contribution in [0.5, 0.6) is 0 Å². The second kappa shape index (κ2) is 8.10. The van der Waals surface area contributed by atoms with Crippen molar-refractivity contribution in [2.24, 2.45) is 0 Å². The van der Waals surface area contributed by atoms with Crippen molar-refractivity contribution in [3.05, 3.63) is 0 Å². The number of amides is 2. The maximum absolute atomic E-state index is 11.4. The van der Waals surface area contributed by atoms with Gasteiger partial charge in [0.05, 0.1) is 0 Å². The molecule has 0 aliphatic heterocycles. The van der Waals surface area contributed by atoms with Gasteiger partial charge in [0.15, 0.2) is 0 Å². The summed E-state index contributed by atoms with van der Waals surface area (Å²) in [5, 5.41) is 5.89. The fourth-order valence-electron chi connectivity index (χ4n) is 1.30. The largest absolute Gasteiger partial charge is 0.356 e. The topological polar surface area (TPSA) is 61.4 Å². The fraction of sp³-hybridized carbons (Fsp3) is 0.818. The number of nitrogens with one attached hydrogen (secondary N) is 2. The Kier molecular flexibility index (Phi) is 7.54. The van der Waals surface area contributed by atoms with Crippen molar-refractivity contribution in [3.8, 4) is 0 Å². The van der Waals surface area contributed by atoms with Gasteiger partial charge in [0.1, 0.15) is 0 Å². The lowest BCUT2D eigenvalue weighted by Gasteiger charge is -2.13. The minimum absolute atomic E-state index is 0.0139. The summed E-state index contributed by atoms with van der Waals surface area (Å²) in [4.78, 5) is 24.1. The van der Waals surface area contributed by atoms with E-state index in [1.54, 1.807) is 14.1 Å². The van der Waals surface area contributed by atoms with Crippen LogP contribution in [0.15, 0.2) is 0 Å². The van der Waals surface area contributed by atoms with Crippen LogP contribution in [0.25, 0.3) is 0 Å². The zero-order valence-electron chi connectivity index (χ0n) is 10.7. The average molecular weight is 229 g/mol. The minimum atomic E-state index is -0.0139. The molecule has 0 spiro atoms. The van der Waals surface area contributed by atoms with Crippen LogP contribution in [0.2, 0.25) is 0 Å². The Labute approximate surface area is 97.6 Å². The maximum atomic E-state index is 11.4. The van der Waals surface area contributed by atoms with Crippen molar-refractivity contribution < 1.29 is 9.59 Å². The molecule has 16 heavy (non-hydrogen) atoms. The molecule has 2 amide bonds. The van der Waals surface area contributed by atoms with Gasteiger partial charge >= 0.3 is 0 Å². The number of carbonyl (C=O) groups excluding carboxylic acids is 2. The molecule has 0 aromatic heterocycles. The summed E-state index contributed by atoms with van der Waals surface area (Å²) < 4.78 is 0. The third kappa shape index (κ3) is 7.23. The van der Waals surface area contributed by atoms with Gasteiger partial charge in [-0.2, -0.15) is 0 Å². The number of carbonyl (C=O) groups is 2. The summed E-state index contributed by atoms with van der Waals surface area (Å²) >= 11 is 0. The molecule has 0 aromatic rings. The molecular formula is C11H23N3O2. The molecule has 5 nitrogen and oxygen atoms in total. The monoisotopic (exact) mass is 229 g/mol. The highest BCUT2D eigenvalue weighted by atomic mass is 16.2. The van der Waals surface area contributed by atoms with Crippen LogP contribution < -0.4 is 10.6 Å². The van der Waals surface area contributed by atoms with Crippen LogP contribution in [0.3, 0.4) is 0 Å². The van der Waals surface area contributed by atoms with Crippen LogP contribution in [-0.4, -0.2) is 49.9 Å². The van der Waals surface area contributed by atoms with E-state index in [-0.39, 0.29) is 17.9 Å². The normalized spacial score (nSPS) is 12.0. The zero-order valence-corrected chi connectivity index (χ0v) is 10.7. The molecule has 0 aliphatic rings. The third-order valence-corrected chi connectivity index (χ3v) is 2.20. The molecule has 0 saturated carbocycles. The maximum Gasteiger partial charge on any atom is 0.223 e. The molecule has 5 heteroatoms. The van der Waals surface area contributed by atoms with Crippen LogP contribution in [0, 0.1) is 0 Å². The average Bonchev–Trinajstić information content (AvgIpc) is 2.17. The van der Waals surface area contributed by atoms with E-state index in [9.17, 15) is 9.59 Å². The molecule has 0 radical (unpaired) electrons. The van der Waals surface area contributed by atoms with E-state index in [0.29, 0.717) is 19.4 Å². The van der Waals surface area contributed by atoms with Crippen molar-refractivity contribution >= 4 is 11.8 Å². The fourth-order valence-corrected chi connectivity index (χ4v) is 1.30. The Morgan fingerprint density at radius 3 is 2.44 bits per heavy atom. The molecule has 1 atom stereocenters. The standard InChI is InChI=1S/C11H23N3O2/c1-5-12-9(2)8-10(15)13-7-6-11(16)14(3)4/h9,12H,5-8H2,1-4H3,(H,13,15). The van der Waals surface area contributed by atoms with Crippen LogP contribution in [0.1, 0.15) is 26.7 Å². The summed E-state index contributed by atoms with van der Waals surface area (Å²) in [5.74, 6) is 0.0139. The second-order valence-electron chi connectivity index (χ2n) is 4.05. The van der Waals surface area contributed by atoms with Crippen molar-refractivity contribution in [1.82, 2.24) is 15.5 Å². The van der Waals surface area contributed by atoms with E-state index < -0.39 is 0 Å². The lowest BCUT2D eigenvalue weighted by molar-refractivity contribution is -0.128. The smallest absolute Gasteiger partial charge is 0.223 e. The van der Waals surface area contributed by atoms with Gasteiger partial charge in [-0.05, 0) is 13.5 Å². The van der Waals surface area contributed by atoms with Crippen LogP contribution >= 0.6 is 0 Å². The molecule has 94 valence electrons. The molecule has 0 aromatic carbocycles. The van der Waals surface area contributed by atoms with E-state index in [2.05, 4.69) is 10.6 Å². The Morgan fingerprint density at radius 1 is 1.31 bits per heavy atom. The van der Waals surface area contributed by atoms with Gasteiger partial charge in [0.2, 0.25) is 11.8 Å². The highest BCUT2D eigenvalue weighted by Gasteiger charge is 2.08. The van der Waals surface area contributed by atoms with E-state index in [1.165, 1.54) is 4.90 Å². The van der Waals surface area contributed by atoms with E-state index in [4.69, 9.17) is 0 Å². The van der Waals surface area contributed by atoms with Gasteiger partial charge in [-0.15, -0.1) is 0 Å². The van der Waals surface area contributed by atoms with Gasteiger partial charge in [0, 0.05) is 39.5 Å². The Bertz CT molecular complexity index is 229. The molecule has 1 unspecified atom stereocenters. The first-order valence-electron chi connectivity index (χ1n) is 5.67. The second-order valence-corrected chi connectivity index (χ2v) is 4.05. The van der Waals surface area contributed by atoms with Crippen molar-refractivity contribution in [2.75, 3.05) is 27.2 Å². The summed E-state index contributed by atoms with van der Waals surface area (Å²) in [6, 6.07) is 0.176. The van der Waals surface area contributed by atoms with Gasteiger partial charge in [-0.25, -0.2) is 0 Å². The molecule has 0 bridgehead atoms. The third-order valence-electron chi connectivity index (χ3n) is 2.20. The van der Waals surface area contributed by atoms with Gasteiger partial charge in [-0.1, -0.05) is 6.92 Å². The SMILES string of the molecule is CCNC(C)CC(=O)NCCC(=O)N(C)C. The summed E-state index contributed by atoms with van der Waals surface area (Å²) in [7, 11) is 3.41. The molecule has 0 saturated heterocycles. The predicted octanol–water partition coefficient (Wildman–Crippen LogP) is -0.0310. The number of nitrogens with zero attached hydrogens (tertiary/aromatic N) is 1. The van der Waals surface area contributed by atoms with Gasteiger partial charge in [-0.3, -0.25) is 9.59 Å². The summed E-state index contributed by atoms with van der Waals surface area (Å²) in [6.07, 6.45) is 0.804. The predicted molar refractivity (Wildman–Crippen MR) is 64.1 cm³/mol. The van der Waals surface area contributed by atoms with Crippen molar-refractivity contribution in [3.63, 3.8) is 0 Å². The summed E-state index contributed by atoms with van der Waals surface area (Å²) in [6.45, 7) is 5.24. The van der Waals surface area contributed by atoms with Crippen molar-refractivity contribution in [1.29, 1.82) is 0 Å². The zero-order chi connectivity index (χ0) is 12.6. The molecule has 0 heterocycles. The van der Waals surface area contributed by atoms with Crippen molar-refractivity contribution in [2.45, 2.75) is 32.7 Å². The first-order chi connectivity index (χ1) is 7.47. The number of hydrogen-bond donors (Lipinski definition) is 2. The first kappa shape index (κ1) is 14.9. The molecule has 0 fully saturated rings. The lowest BCUT2D eigenvalue weighted by Crippen LogP contribution is -2.35. The minimum Gasteiger partial charge on any atom is -0.356 e. The quantitative estimate of drug-likeness (QED) is 0.644. The van der Waals surface area contributed by atoms with Crippen LogP contribution in [-0.2, 0) is 9.59 Å². The first-order valence-corrected chi connectivity index (χ1v) is 5.67. The summed E-state index contributed by atoms with van der Waals surface area (Å²) in [5.41, 5.74) is 0. The molecule has 0 rings (SSSR count). The van der Waals surface area contributed by atoms with Crippen LogP contribution in [0.4, 0.5) is 0 Å². The van der Waals surface area contributed by atoms with E-state index >= 15 is 0 Å². The molecule has 2 N–H and O–H groups in total. The highest BCUT2D eigenvalue weighted by molar-refractivity contribution is 5.79. The van der Waals surface area contributed by atoms with E-state index in [0.717, 1.165) is 6.54 Å². The Morgan fingerprint density at radius 2 is 1.94 bits per heavy atom. The van der Waals surface area contributed by atoms with Gasteiger partial charge < -0.3 is 15.5 Å².